The van der Waals surface area contributed by atoms with Crippen LogP contribution in [0.4, 0.5) is 5.69 Å². The van der Waals surface area contributed by atoms with Gasteiger partial charge in [0.25, 0.3) is 10.0 Å². The van der Waals surface area contributed by atoms with E-state index in [1.807, 2.05) is 13.0 Å². The van der Waals surface area contributed by atoms with Gasteiger partial charge in [0.05, 0.1) is 4.90 Å². The fourth-order valence-electron chi connectivity index (χ4n) is 2.94. The van der Waals surface area contributed by atoms with Crippen LogP contribution in [-0.4, -0.2) is 28.2 Å². The summed E-state index contributed by atoms with van der Waals surface area (Å²) in [5.41, 5.74) is 2.13. The van der Waals surface area contributed by atoms with Gasteiger partial charge in [-0.3, -0.25) is 4.72 Å². The lowest BCUT2D eigenvalue weighted by Gasteiger charge is -2.12. The molecule has 30 heavy (non-hydrogen) atoms. The molecule has 4 aromatic rings. The van der Waals surface area contributed by atoms with Gasteiger partial charge < -0.3 is 4.74 Å². The highest BCUT2D eigenvalue weighted by atomic mass is 32.2. The van der Waals surface area contributed by atoms with E-state index < -0.39 is 10.0 Å². The number of benzene rings is 2. The number of rotatable bonds is 6. The van der Waals surface area contributed by atoms with E-state index in [1.54, 1.807) is 72.5 Å². The van der Waals surface area contributed by atoms with E-state index in [0.717, 1.165) is 5.56 Å². The summed E-state index contributed by atoms with van der Waals surface area (Å²) >= 11 is 0. The topological polar surface area (TPSA) is 99.0 Å². The molecule has 0 aliphatic heterocycles. The normalized spacial score (nSPS) is 11.3. The Kier molecular flexibility index (Phi) is 5.20. The van der Waals surface area contributed by atoms with E-state index in [2.05, 4.69) is 19.8 Å². The molecule has 0 unspecified atom stereocenters. The van der Waals surface area contributed by atoms with Gasteiger partial charge in [0.2, 0.25) is 5.88 Å². The molecule has 0 spiro atoms. The van der Waals surface area contributed by atoms with E-state index >= 15 is 0 Å². The first-order valence-corrected chi connectivity index (χ1v) is 10.6. The van der Waals surface area contributed by atoms with E-state index in [-0.39, 0.29) is 4.90 Å². The van der Waals surface area contributed by atoms with Gasteiger partial charge in [0.15, 0.2) is 5.82 Å². The van der Waals surface area contributed by atoms with Crippen molar-refractivity contribution in [2.24, 2.45) is 0 Å². The first-order valence-electron chi connectivity index (χ1n) is 9.11. The minimum atomic E-state index is -3.68. The fraction of sp³-hybridized carbons (Fsp3) is 0.0952. The predicted molar refractivity (Wildman–Crippen MR) is 112 cm³/mol. The van der Waals surface area contributed by atoms with E-state index in [0.29, 0.717) is 28.7 Å². The van der Waals surface area contributed by atoms with E-state index in [4.69, 9.17) is 4.74 Å². The van der Waals surface area contributed by atoms with Crippen LogP contribution in [0.25, 0.3) is 5.82 Å². The molecule has 0 aliphatic carbocycles. The van der Waals surface area contributed by atoms with Crippen molar-refractivity contribution in [3.8, 4) is 17.4 Å². The number of aryl methyl sites for hydroxylation is 2. The number of nitrogens with one attached hydrogen (secondary N) is 1. The molecular formula is C21H19N5O3S. The zero-order valence-corrected chi connectivity index (χ0v) is 17.2. The maximum Gasteiger partial charge on any atom is 0.262 e. The minimum absolute atomic E-state index is 0.251. The number of sulfonamides is 1. The van der Waals surface area contributed by atoms with Crippen LogP contribution in [0.1, 0.15) is 11.1 Å². The molecule has 0 radical (unpaired) electrons. The van der Waals surface area contributed by atoms with Gasteiger partial charge in [-0.1, -0.05) is 17.7 Å². The molecule has 8 nitrogen and oxygen atoms in total. The van der Waals surface area contributed by atoms with Crippen LogP contribution in [0.5, 0.6) is 11.6 Å². The first-order chi connectivity index (χ1) is 14.4. The number of nitrogens with zero attached hydrogens (tertiary/aromatic N) is 4. The third-order valence-electron chi connectivity index (χ3n) is 4.32. The zero-order valence-electron chi connectivity index (χ0n) is 16.4. The smallest absolute Gasteiger partial charge is 0.262 e. The average molecular weight is 421 g/mol. The van der Waals surface area contributed by atoms with Crippen molar-refractivity contribution in [3.05, 3.63) is 84.4 Å². The van der Waals surface area contributed by atoms with E-state index in [9.17, 15) is 8.42 Å². The van der Waals surface area contributed by atoms with Crippen LogP contribution < -0.4 is 9.46 Å². The third-order valence-corrected chi connectivity index (χ3v) is 5.86. The van der Waals surface area contributed by atoms with Crippen LogP contribution in [-0.2, 0) is 10.0 Å². The summed E-state index contributed by atoms with van der Waals surface area (Å²) in [6, 6.07) is 15.3. The lowest BCUT2D eigenvalue weighted by atomic mass is 10.2. The Bertz CT molecular complexity index is 1270. The number of hydrogen-bond donors (Lipinski definition) is 1. The van der Waals surface area contributed by atoms with Crippen LogP contribution in [0.3, 0.4) is 0 Å². The summed E-state index contributed by atoms with van der Waals surface area (Å²) in [5, 5.41) is 4.12. The zero-order chi connectivity index (χ0) is 21.1. The lowest BCUT2D eigenvalue weighted by molar-refractivity contribution is 0.460. The molecule has 0 bridgehead atoms. The van der Waals surface area contributed by atoms with Crippen LogP contribution >= 0.6 is 0 Å². The molecule has 0 saturated heterocycles. The number of aromatic nitrogens is 4. The van der Waals surface area contributed by atoms with E-state index in [1.165, 1.54) is 6.33 Å². The third kappa shape index (κ3) is 4.31. The van der Waals surface area contributed by atoms with Crippen LogP contribution in [0.15, 0.2) is 78.2 Å². The Labute approximate surface area is 174 Å². The van der Waals surface area contributed by atoms with Gasteiger partial charge in [0.1, 0.15) is 12.1 Å². The van der Waals surface area contributed by atoms with Gasteiger partial charge in [0, 0.05) is 24.1 Å². The second-order valence-corrected chi connectivity index (χ2v) is 8.32. The second kappa shape index (κ2) is 7.96. The number of anilines is 1. The summed E-state index contributed by atoms with van der Waals surface area (Å²) in [5.74, 6) is 1.43. The molecule has 9 heteroatoms. The van der Waals surface area contributed by atoms with Crippen molar-refractivity contribution in [2.45, 2.75) is 18.7 Å². The van der Waals surface area contributed by atoms with Crippen LogP contribution in [0.2, 0.25) is 0 Å². The Morgan fingerprint density at radius 2 is 1.80 bits per heavy atom. The highest BCUT2D eigenvalue weighted by molar-refractivity contribution is 7.92. The largest absolute Gasteiger partial charge is 0.439 e. The quantitative estimate of drug-likeness (QED) is 0.507. The first kappa shape index (κ1) is 19.6. The summed E-state index contributed by atoms with van der Waals surface area (Å²) in [4.78, 5) is 8.50. The highest BCUT2D eigenvalue weighted by Gasteiger charge is 2.17. The standard InChI is InChI=1S/C21H19N5O3S/c1-15-4-9-19(16(2)12-15)30(27,28)25-17-5-7-18(8-6-17)29-21-13-20(22-14-23-21)26-11-3-10-24-26/h3-14,25H,1-2H3. The Hall–Kier alpha value is -3.72. The fourth-order valence-corrected chi connectivity index (χ4v) is 4.22. The van der Waals surface area contributed by atoms with Crippen molar-refractivity contribution >= 4 is 15.7 Å². The Balaban J connectivity index is 1.49. The molecule has 0 saturated carbocycles. The molecule has 0 amide bonds. The molecule has 2 heterocycles. The predicted octanol–water partition coefficient (Wildman–Crippen LogP) is 3.87. The van der Waals surface area contributed by atoms with Crippen molar-refractivity contribution in [1.82, 2.24) is 19.7 Å². The SMILES string of the molecule is Cc1ccc(S(=O)(=O)Nc2ccc(Oc3cc(-n4cccn4)ncn3)cc2)c(C)c1. The molecule has 2 aromatic carbocycles. The van der Waals surface area contributed by atoms with Gasteiger partial charge in [-0.2, -0.15) is 5.10 Å². The Morgan fingerprint density at radius 1 is 1.00 bits per heavy atom. The summed E-state index contributed by atoms with van der Waals surface area (Å²) in [7, 11) is -3.68. The second-order valence-electron chi connectivity index (χ2n) is 6.67. The molecule has 1 N–H and O–H groups in total. The monoisotopic (exact) mass is 421 g/mol. The summed E-state index contributed by atoms with van der Waals surface area (Å²) in [6.07, 6.45) is 4.81. The van der Waals surface area contributed by atoms with Gasteiger partial charge in [-0.25, -0.2) is 23.1 Å². The van der Waals surface area contributed by atoms with Crippen molar-refractivity contribution in [3.63, 3.8) is 0 Å². The maximum absolute atomic E-state index is 12.7. The van der Waals surface area contributed by atoms with Crippen molar-refractivity contribution in [1.29, 1.82) is 0 Å². The maximum atomic E-state index is 12.7. The molecule has 4 rings (SSSR count). The van der Waals surface area contributed by atoms with Gasteiger partial charge in [-0.05, 0) is 55.8 Å². The van der Waals surface area contributed by atoms with Gasteiger partial charge >= 0.3 is 0 Å². The molecule has 0 aliphatic rings. The average Bonchev–Trinajstić information content (AvgIpc) is 3.24. The summed E-state index contributed by atoms with van der Waals surface area (Å²) in [6.45, 7) is 3.70. The molecule has 152 valence electrons. The molecule has 0 atom stereocenters. The number of ether oxygens (including phenoxy) is 1. The van der Waals surface area contributed by atoms with Crippen LogP contribution in [0, 0.1) is 13.8 Å². The number of hydrogen-bond acceptors (Lipinski definition) is 6. The Morgan fingerprint density at radius 3 is 2.50 bits per heavy atom. The molecule has 2 aromatic heterocycles. The lowest BCUT2D eigenvalue weighted by Crippen LogP contribution is -2.14. The highest BCUT2D eigenvalue weighted by Crippen LogP contribution is 2.25. The molecular weight excluding hydrogens is 402 g/mol. The van der Waals surface area contributed by atoms with Crippen molar-refractivity contribution < 1.29 is 13.2 Å². The van der Waals surface area contributed by atoms with Gasteiger partial charge in [-0.15, -0.1) is 0 Å². The van der Waals surface area contributed by atoms with Crippen molar-refractivity contribution in [2.75, 3.05) is 4.72 Å². The summed E-state index contributed by atoms with van der Waals surface area (Å²) < 4.78 is 35.3. The minimum Gasteiger partial charge on any atom is -0.439 e. The molecule has 0 fully saturated rings.